The summed E-state index contributed by atoms with van der Waals surface area (Å²) < 4.78 is 2.21. The van der Waals surface area contributed by atoms with Crippen molar-refractivity contribution < 1.29 is 4.79 Å². The van der Waals surface area contributed by atoms with Crippen molar-refractivity contribution in [3.05, 3.63) is 29.8 Å². The second-order valence-electron chi connectivity index (χ2n) is 4.03. The third-order valence-electron chi connectivity index (χ3n) is 2.93. The molecule has 2 rings (SSSR count). The van der Waals surface area contributed by atoms with Gasteiger partial charge in [-0.1, -0.05) is 0 Å². The summed E-state index contributed by atoms with van der Waals surface area (Å²) in [7, 11) is 1.87. The van der Waals surface area contributed by atoms with Crippen molar-refractivity contribution in [3.8, 4) is 0 Å². The van der Waals surface area contributed by atoms with E-state index in [2.05, 4.69) is 31.3 Å². The third-order valence-corrected chi connectivity index (χ3v) is 3.90. The Bertz CT molecular complexity index is 385. The molecule has 5 heteroatoms. The van der Waals surface area contributed by atoms with Crippen LogP contribution in [0.15, 0.2) is 24.3 Å². The maximum atomic E-state index is 12.2. The van der Waals surface area contributed by atoms with Crippen LogP contribution in [0.1, 0.15) is 10.4 Å². The number of piperazine rings is 1. The first-order valence-electron chi connectivity index (χ1n) is 5.68. The molecule has 1 fully saturated rings. The number of nitrogens with zero attached hydrogens (tertiary/aromatic N) is 2. The Balaban J connectivity index is 2.03. The zero-order chi connectivity index (χ0) is 12.3. The van der Waals surface area contributed by atoms with Gasteiger partial charge in [0.1, 0.15) is 0 Å². The van der Waals surface area contributed by atoms with Crippen molar-refractivity contribution in [2.75, 3.05) is 38.5 Å². The molecule has 0 saturated carbocycles. The van der Waals surface area contributed by atoms with Crippen molar-refractivity contribution in [3.63, 3.8) is 0 Å². The maximum absolute atomic E-state index is 12.2. The normalized spacial score (nSPS) is 16.9. The molecule has 1 amide bonds. The average Bonchev–Trinajstić information content (AvgIpc) is 2.39. The summed E-state index contributed by atoms with van der Waals surface area (Å²) in [6, 6.07) is 7.62. The Kier molecular flexibility index (Phi) is 4.22. The minimum Gasteiger partial charge on any atom is -0.388 e. The highest BCUT2D eigenvalue weighted by Gasteiger charge is 2.20. The highest BCUT2D eigenvalue weighted by molar-refractivity contribution is 14.1. The quantitative estimate of drug-likeness (QED) is 0.656. The van der Waals surface area contributed by atoms with E-state index in [0.717, 1.165) is 37.4 Å². The minimum absolute atomic E-state index is 0.136. The maximum Gasteiger partial charge on any atom is 0.253 e. The van der Waals surface area contributed by atoms with E-state index in [1.165, 1.54) is 0 Å². The number of benzene rings is 1. The van der Waals surface area contributed by atoms with Gasteiger partial charge >= 0.3 is 0 Å². The largest absolute Gasteiger partial charge is 0.388 e. The van der Waals surface area contributed by atoms with E-state index in [0.29, 0.717) is 0 Å². The van der Waals surface area contributed by atoms with Crippen molar-refractivity contribution in [2.45, 2.75) is 0 Å². The summed E-state index contributed by atoms with van der Waals surface area (Å²) in [5.74, 6) is 0.136. The molecule has 4 nitrogen and oxygen atoms in total. The monoisotopic (exact) mass is 345 g/mol. The first-order chi connectivity index (χ1) is 8.20. The summed E-state index contributed by atoms with van der Waals surface area (Å²) in [6.45, 7) is 3.52. The smallest absolute Gasteiger partial charge is 0.253 e. The highest BCUT2D eigenvalue weighted by atomic mass is 127. The molecule has 1 aliphatic heterocycles. The molecule has 0 bridgehead atoms. The van der Waals surface area contributed by atoms with Gasteiger partial charge in [-0.3, -0.25) is 4.79 Å². The van der Waals surface area contributed by atoms with Gasteiger partial charge < -0.3 is 10.2 Å². The molecule has 0 spiro atoms. The zero-order valence-electron chi connectivity index (χ0n) is 9.82. The van der Waals surface area contributed by atoms with E-state index in [1.54, 1.807) is 0 Å². The fourth-order valence-corrected chi connectivity index (χ4v) is 2.28. The average molecular weight is 345 g/mol. The number of hydrogen-bond acceptors (Lipinski definition) is 3. The van der Waals surface area contributed by atoms with Gasteiger partial charge in [0.15, 0.2) is 0 Å². The Hall–Kier alpha value is -0.820. The molecule has 1 heterocycles. The predicted octanol–water partition coefficient (Wildman–Crippen LogP) is 1.84. The lowest BCUT2D eigenvalue weighted by Gasteiger charge is -2.31. The summed E-state index contributed by atoms with van der Waals surface area (Å²) in [5, 5.41) is 3.05. The van der Waals surface area contributed by atoms with Gasteiger partial charge in [-0.15, -0.1) is 0 Å². The first kappa shape index (κ1) is 12.6. The second kappa shape index (κ2) is 5.68. The lowest BCUT2D eigenvalue weighted by Crippen LogP contribution is -2.45. The summed E-state index contributed by atoms with van der Waals surface area (Å²) in [4.78, 5) is 14.1. The standard InChI is InChI=1S/C12H16IN3O/c1-14-11-4-2-10(3-5-11)12(17)15-6-8-16(13)9-7-15/h2-5,14H,6-9H2,1H3. The molecule has 0 aliphatic carbocycles. The van der Waals surface area contributed by atoms with Gasteiger partial charge in [0.05, 0.1) is 0 Å². The van der Waals surface area contributed by atoms with Crippen LogP contribution in [-0.2, 0) is 0 Å². The van der Waals surface area contributed by atoms with Crippen LogP contribution in [-0.4, -0.2) is 47.1 Å². The van der Waals surface area contributed by atoms with Gasteiger partial charge in [-0.25, -0.2) is 3.11 Å². The van der Waals surface area contributed by atoms with Crippen LogP contribution < -0.4 is 5.32 Å². The lowest BCUT2D eigenvalue weighted by molar-refractivity contribution is 0.0711. The number of hydrogen-bond donors (Lipinski definition) is 1. The Morgan fingerprint density at radius 2 is 1.76 bits per heavy atom. The van der Waals surface area contributed by atoms with E-state index < -0.39 is 0 Å². The number of anilines is 1. The van der Waals surface area contributed by atoms with Crippen LogP contribution in [0.2, 0.25) is 0 Å². The van der Waals surface area contributed by atoms with E-state index >= 15 is 0 Å². The predicted molar refractivity (Wildman–Crippen MR) is 77.5 cm³/mol. The van der Waals surface area contributed by atoms with Crippen LogP contribution in [0.4, 0.5) is 5.69 Å². The van der Waals surface area contributed by atoms with Crippen LogP contribution in [0.25, 0.3) is 0 Å². The molecular formula is C12H16IN3O. The van der Waals surface area contributed by atoms with Gasteiger partial charge in [-0.05, 0) is 24.3 Å². The molecule has 1 saturated heterocycles. The molecule has 17 heavy (non-hydrogen) atoms. The summed E-state index contributed by atoms with van der Waals surface area (Å²) in [5.41, 5.74) is 1.80. The molecule has 0 unspecified atom stereocenters. The molecule has 0 atom stereocenters. The molecule has 1 aromatic carbocycles. The van der Waals surface area contributed by atoms with Crippen molar-refractivity contribution >= 4 is 34.5 Å². The number of carbonyl (C=O) groups excluding carboxylic acids is 1. The summed E-state index contributed by atoms with van der Waals surface area (Å²) >= 11 is 2.30. The summed E-state index contributed by atoms with van der Waals surface area (Å²) in [6.07, 6.45) is 0. The van der Waals surface area contributed by atoms with Crippen LogP contribution in [0.3, 0.4) is 0 Å². The van der Waals surface area contributed by atoms with E-state index in [-0.39, 0.29) is 5.91 Å². The number of carbonyl (C=O) groups is 1. The fraction of sp³-hybridized carbons (Fsp3) is 0.417. The number of amides is 1. The van der Waals surface area contributed by atoms with Gasteiger partial charge in [0, 0.05) is 67.3 Å². The fourth-order valence-electron chi connectivity index (χ4n) is 1.85. The minimum atomic E-state index is 0.136. The first-order valence-corrected chi connectivity index (χ1v) is 6.65. The van der Waals surface area contributed by atoms with Gasteiger partial charge in [0.2, 0.25) is 0 Å². The highest BCUT2D eigenvalue weighted by Crippen LogP contribution is 2.13. The molecule has 1 aromatic rings. The third kappa shape index (κ3) is 3.10. The molecular weight excluding hydrogens is 329 g/mol. The molecule has 92 valence electrons. The van der Waals surface area contributed by atoms with Gasteiger partial charge in [0.25, 0.3) is 5.91 Å². The van der Waals surface area contributed by atoms with Crippen molar-refractivity contribution in [1.82, 2.24) is 8.01 Å². The Morgan fingerprint density at radius 3 is 2.29 bits per heavy atom. The Morgan fingerprint density at radius 1 is 1.18 bits per heavy atom. The molecule has 1 N–H and O–H groups in total. The number of rotatable bonds is 2. The zero-order valence-corrected chi connectivity index (χ0v) is 12.0. The van der Waals surface area contributed by atoms with E-state index in [9.17, 15) is 4.79 Å². The topological polar surface area (TPSA) is 35.6 Å². The van der Waals surface area contributed by atoms with Crippen LogP contribution in [0, 0.1) is 0 Å². The molecule has 0 radical (unpaired) electrons. The molecule has 1 aliphatic rings. The van der Waals surface area contributed by atoms with E-state index in [4.69, 9.17) is 0 Å². The second-order valence-corrected chi connectivity index (χ2v) is 5.39. The number of halogens is 1. The van der Waals surface area contributed by atoms with E-state index in [1.807, 2.05) is 36.2 Å². The van der Waals surface area contributed by atoms with Crippen molar-refractivity contribution in [2.24, 2.45) is 0 Å². The SMILES string of the molecule is CNc1ccc(C(=O)N2CCN(I)CC2)cc1. The van der Waals surface area contributed by atoms with Crippen molar-refractivity contribution in [1.29, 1.82) is 0 Å². The van der Waals surface area contributed by atoms with Crippen LogP contribution in [0.5, 0.6) is 0 Å². The van der Waals surface area contributed by atoms with Gasteiger partial charge in [-0.2, -0.15) is 0 Å². The lowest BCUT2D eigenvalue weighted by atomic mass is 10.1. The molecule has 0 aromatic heterocycles. The van der Waals surface area contributed by atoms with Crippen LogP contribution >= 0.6 is 22.9 Å². The Labute approximate surface area is 115 Å². The number of nitrogens with one attached hydrogen (secondary N) is 1.